The Hall–Kier alpha value is -3.46. The predicted octanol–water partition coefficient (Wildman–Crippen LogP) is 3.62. The summed E-state index contributed by atoms with van der Waals surface area (Å²) in [7, 11) is 0. The molecule has 0 spiro atoms. The van der Waals surface area contributed by atoms with Gasteiger partial charge in [-0.15, -0.1) is 0 Å². The molecule has 1 N–H and O–H groups in total. The number of benzene rings is 1. The van der Waals surface area contributed by atoms with Gasteiger partial charge in [0.25, 0.3) is 0 Å². The Labute approximate surface area is 198 Å². The molecule has 1 saturated heterocycles. The van der Waals surface area contributed by atoms with E-state index in [9.17, 15) is 0 Å². The van der Waals surface area contributed by atoms with E-state index in [2.05, 4.69) is 42.3 Å². The van der Waals surface area contributed by atoms with Crippen molar-refractivity contribution in [3.63, 3.8) is 0 Å². The van der Waals surface area contributed by atoms with Crippen LogP contribution < -0.4 is 15.0 Å². The normalized spacial score (nSPS) is 21.1. The molecule has 0 amide bonds. The minimum Gasteiger partial charge on any atom is -0.488 e. The second-order valence-electron chi connectivity index (χ2n) is 9.06. The van der Waals surface area contributed by atoms with Crippen molar-refractivity contribution < 1.29 is 9.47 Å². The third-order valence-electron chi connectivity index (χ3n) is 6.84. The number of hydrogen-bond donors (Lipinski definition) is 1. The molecule has 0 unspecified atom stereocenters. The maximum atomic E-state index is 6.56. The van der Waals surface area contributed by atoms with Crippen LogP contribution in [-0.2, 0) is 4.74 Å². The fourth-order valence-electron chi connectivity index (χ4n) is 5.03. The van der Waals surface area contributed by atoms with Gasteiger partial charge in [0.15, 0.2) is 5.82 Å². The fourth-order valence-corrected chi connectivity index (χ4v) is 5.03. The van der Waals surface area contributed by atoms with E-state index in [0.29, 0.717) is 6.04 Å². The lowest BCUT2D eigenvalue weighted by atomic mass is 9.93. The lowest BCUT2D eigenvalue weighted by Gasteiger charge is -2.31. The number of nitrogens with one attached hydrogen (secondary N) is 1. The monoisotopic (exact) mass is 459 g/mol. The molecule has 0 radical (unpaired) electrons. The lowest BCUT2D eigenvalue weighted by Crippen LogP contribution is -2.36. The zero-order valence-electron chi connectivity index (χ0n) is 19.4. The molecular weight excluding hydrogens is 430 g/mol. The van der Waals surface area contributed by atoms with Crippen molar-refractivity contribution in [1.29, 1.82) is 0 Å². The molecule has 2 fully saturated rings. The zero-order chi connectivity index (χ0) is 22.9. The van der Waals surface area contributed by atoms with Crippen molar-refractivity contribution in [3.8, 4) is 5.75 Å². The van der Waals surface area contributed by atoms with Gasteiger partial charge in [0, 0.05) is 55.7 Å². The van der Waals surface area contributed by atoms with Gasteiger partial charge in [0.1, 0.15) is 16.8 Å². The minimum atomic E-state index is 0.156. The highest BCUT2D eigenvalue weighted by Gasteiger charge is 2.25. The number of imidazole rings is 1. The summed E-state index contributed by atoms with van der Waals surface area (Å²) in [5, 5.41) is 3.65. The summed E-state index contributed by atoms with van der Waals surface area (Å²) >= 11 is 0. The fraction of sp³-hybridized carbons (Fsp3) is 0.440. The average Bonchev–Trinajstić information content (AvgIpc) is 3.27. The first kappa shape index (κ1) is 21.1. The van der Waals surface area contributed by atoms with Crippen LogP contribution in [0, 0.1) is 6.92 Å². The molecular formula is C25H29N7O2. The van der Waals surface area contributed by atoms with Gasteiger partial charge >= 0.3 is 0 Å². The third kappa shape index (κ3) is 4.11. The predicted molar refractivity (Wildman–Crippen MR) is 131 cm³/mol. The van der Waals surface area contributed by atoms with Crippen LogP contribution in [0.25, 0.3) is 16.6 Å². The van der Waals surface area contributed by atoms with E-state index >= 15 is 0 Å². The average molecular weight is 460 g/mol. The van der Waals surface area contributed by atoms with Crippen molar-refractivity contribution in [1.82, 2.24) is 24.3 Å². The number of anilines is 2. The summed E-state index contributed by atoms with van der Waals surface area (Å²) in [5.74, 6) is 1.73. The van der Waals surface area contributed by atoms with E-state index in [-0.39, 0.29) is 6.10 Å². The molecule has 0 atom stereocenters. The SMILES string of the molecule is Cc1ncn2ccnc(N[C@H]3CC[C@@H](Oc4cc(N5CCOCC5)cc5nccnc45)CC3)c12. The van der Waals surface area contributed by atoms with Crippen molar-refractivity contribution in [2.24, 2.45) is 0 Å². The van der Waals surface area contributed by atoms with Crippen LogP contribution in [0.3, 0.4) is 0 Å². The molecule has 0 bridgehead atoms. The number of aromatic nitrogens is 5. The van der Waals surface area contributed by atoms with Gasteiger partial charge in [-0.05, 0) is 38.7 Å². The molecule has 9 nitrogen and oxygen atoms in total. The van der Waals surface area contributed by atoms with Gasteiger partial charge in [0.05, 0.1) is 36.9 Å². The summed E-state index contributed by atoms with van der Waals surface area (Å²) in [5.41, 5.74) is 4.85. The molecule has 34 heavy (non-hydrogen) atoms. The second-order valence-corrected chi connectivity index (χ2v) is 9.06. The van der Waals surface area contributed by atoms with E-state index in [4.69, 9.17) is 9.47 Å². The van der Waals surface area contributed by atoms with Crippen molar-refractivity contribution in [2.75, 3.05) is 36.5 Å². The highest BCUT2D eigenvalue weighted by atomic mass is 16.5. The van der Waals surface area contributed by atoms with E-state index in [1.807, 2.05) is 30.0 Å². The highest BCUT2D eigenvalue weighted by Crippen LogP contribution is 2.33. The zero-order valence-corrected chi connectivity index (χ0v) is 19.4. The number of rotatable bonds is 5. The van der Waals surface area contributed by atoms with Crippen molar-refractivity contribution in [3.05, 3.63) is 48.9 Å². The molecule has 9 heteroatoms. The van der Waals surface area contributed by atoms with Crippen LogP contribution in [-0.4, -0.2) is 62.8 Å². The highest BCUT2D eigenvalue weighted by molar-refractivity contribution is 5.85. The number of aryl methyl sites for hydroxylation is 1. The van der Waals surface area contributed by atoms with Crippen molar-refractivity contribution in [2.45, 2.75) is 44.8 Å². The van der Waals surface area contributed by atoms with Gasteiger partial charge < -0.3 is 24.1 Å². The first-order valence-corrected chi connectivity index (χ1v) is 12.0. The molecule has 1 saturated carbocycles. The smallest absolute Gasteiger partial charge is 0.152 e. The summed E-state index contributed by atoms with van der Waals surface area (Å²) in [4.78, 5) is 20.5. The van der Waals surface area contributed by atoms with Crippen LogP contribution >= 0.6 is 0 Å². The molecule has 4 heterocycles. The van der Waals surface area contributed by atoms with Crippen LogP contribution in [0.4, 0.5) is 11.5 Å². The van der Waals surface area contributed by atoms with Gasteiger partial charge in [-0.25, -0.2) is 15.0 Å². The Bertz CT molecular complexity index is 1290. The van der Waals surface area contributed by atoms with Crippen LogP contribution in [0.15, 0.2) is 43.2 Å². The molecule has 3 aromatic heterocycles. The largest absolute Gasteiger partial charge is 0.488 e. The van der Waals surface area contributed by atoms with Crippen LogP contribution in [0.5, 0.6) is 5.75 Å². The maximum Gasteiger partial charge on any atom is 0.152 e. The topological polar surface area (TPSA) is 89.7 Å². The van der Waals surface area contributed by atoms with E-state index in [1.165, 1.54) is 0 Å². The number of ether oxygens (including phenoxy) is 2. The van der Waals surface area contributed by atoms with Gasteiger partial charge in [-0.3, -0.25) is 4.98 Å². The molecule has 176 valence electrons. The lowest BCUT2D eigenvalue weighted by molar-refractivity contribution is 0.122. The number of nitrogens with zero attached hydrogens (tertiary/aromatic N) is 6. The first-order valence-electron chi connectivity index (χ1n) is 12.0. The van der Waals surface area contributed by atoms with Gasteiger partial charge in [-0.1, -0.05) is 0 Å². The van der Waals surface area contributed by atoms with Crippen molar-refractivity contribution >= 4 is 28.1 Å². The van der Waals surface area contributed by atoms with Crippen LogP contribution in [0.1, 0.15) is 31.4 Å². The Kier molecular flexibility index (Phi) is 5.62. The second kappa shape index (κ2) is 9.06. The molecule has 4 aromatic rings. The minimum absolute atomic E-state index is 0.156. The Morgan fingerprint density at radius 2 is 1.79 bits per heavy atom. The standard InChI is InChI=1S/C25H29N7O2/c1-17-24-25(28-8-9-32(24)16-29-17)30-18-2-4-20(5-3-18)34-22-15-19(31-10-12-33-13-11-31)14-21-23(22)27-7-6-26-21/h6-9,14-16,18,20H,2-5,10-13H2,1H3,(H,28,30)/t18-,20+. The number of hydrogen-bond acceptors (Lipinski definition) is 8. The summed E-state index contributed by atoms with van der Waals surface area (Å²) in [6.45, 7) is 5.25. The molecule has 1 aliphatic heterocycles. The van der Waals surface area contributed by atoms with E-state index in [1.54, 1.807) is 12.4 Å². The third-order valence-corrected chi connectivity index (χ3v) is 6.84. The van der Waals surface area contributed by atoms with Gasteiger partial charge in [0.2, 0.25) is 0 Å². The Balaban J connectivity index is 1.16. The number of morpholine rings is 1. The van der Waals surface area contributed by atoms with Crippen LogP contribution in [0.2, 0.25) is 0 Å². The summed E-state index contributed by atoms with van der Waals surface area (Å²) < 4.78 is 14.1. The number of fused-ring (bicyclic) bond motifs is 2. The quantitative estimate of drug-likeness (QED) is 0.484. The Morgan fingerprint density at radius 3 is 2.65 bits per heavy atom. The van der Waals surface area contributed by atoms with E-state index < -0.39 is 0 Å². The van der Waals surface area contributed by atoms with Gasteiger partial charge in [-0.2, -0.15) is 0 Å². The Morgan fingerprint density at radius 1 is 0.971 bits per heavy atom. The molecule has 1 aliphatic carbocycles. The van der Waals surface area contributed by atoms with E-state index in [0.717, 1.165) is 91.5 Å². The first-order chi connectivity index (χ1) is 16.7. The maximum absolute atomic E-state index is 6.56. The molecule has 1 aromatic carbocycles. The summed E-state index contributed by atoms with van der Waals surface area (Å²) in [6, 6.07) is 4.59. The molecule has 2 aliphatic rings. The molecule has 6 rings (SSSR count). The summed E-state index contributed by atoms with van der Waals surface area (Å²) in [6.07, 6.45) is 13.2.